The number of halogens is 1. The molecule has 3 aromatic rings. The van der Waals surface area contributed by atoms with Crippen molar-refractivity contribution in [3.8, 4) is 0 Å². The molecule has 3 N–H and O–H groups in total. The molecule has 0 bridgehead atoms. The van der Waals surface area contributed by atoms with Crippen LogP contribution in [0.15, 0.2) is 45.9 Å². The minimum absolute atomic E-state index is 0.381. The molecular weight excluding hydrogens is 508 g/mol. The first kappa shape index (κ1) is 24.1. The first-order valence-corrected chi connectivity index (χ1v) is 13.8. The van der Waals surface area contributed by atoms with E-state index in [1.807, 2.05) is 10.7 Å². The van der Waals surface area contributed by atoms with Crippen molar-refractivity contribution in [2.75, 3.05) is 19.4 Å². The van der Waals surface area contributed by atoms with Crippen molar-refractivity contribution in [2.24, 2.45) is 22.5 Å². The summed E-state index contributed by atoms with van der Waals surface area (Å²) in [4.78, 5) is 6.21. The molecule has 0 radical (unpaired) electrons. The maximum absolute atomic E-state index is 6.20. The van der Waals surface area contributed by atoms with Gasteiger partial charge >= 0.3 is 0 Å². The Balaban J connectivity index is 1.37. The van der Waals surface area contributed by atoms with Crippen LogP contribution in [0.3, 0.4) is 0 Å². The standard InChI is InChI=1S/C26H35BrN6S/c1-17(25(2)16-26(25)11-9-18(28)10-12-26)13-20-14-23(33-24(31-20)22(27)15-29-33)30-19-5-7-21(8-6-19)34-32(3)4/h5-8,14-15,17-18,30H,9-13,16,28H2,1-4H3. The predicted octanol–water partition coefficient (Wildman–Crippen LogP) is 6.28. The molecular formula is C26H35BrN6S. The SMILES string of the molecule is CC(Cc1cc(Nc2ccc(SN(C)C)cc2)n2ncc(Br)c2n1)C1(C)CC12CCC(N)CC2. The molecule has 2 aliphatic rings. The van der Waals surface area contributed by atoms with Gasteiger partial charge in [-0.1, -0.05) is 13.8 Å². The fourth-order valence-electron chi connectivity index (χ4n) is 5.97. The Morgan fingerprint density at radius 2 is 1.97 bits per heavy atom. The van der Waals surface area contributed by atoms with Crippen molar-refractivity contribution in [3.63, 3.8) is 0 Å². The number of nitrogens with one attached hydrogen (secondary N) is 1. The van der Waals surface area contributed by atoms with Gasteiger partial charge in [-0.05, 0) is 122 Å². The van der Waals surface area contributed by atoms with Gasteiger partial charge < -0.3 is 11.1 Å². The van der Waals surface area contributed by atoms with Gasteiger partial charge in [-0.15, -0.1) is 0 Å². The topological polar surface area (TPSA) is 71.5 Å². The molecule has 1 spiro atoms. The third kappa shape index (κ3) is 4.50. The zero-order valence-corrected chi connectivity index (χ0v) is 22.9. The van der Waals surface area contributed by atoms with E-state index in [0.29, 0.717) is 22.8 Å². The third-order valence-corrected chi connectivity index (χ3v) is 9.69. The molecule has 5 rings (SSSR count). The van der Waals surface area contributed by atoms with E-state index in [-0.39, 0.29) is 0 Å². The summed E-state index contributed by atoms with van der Waals surface area (Å²) in [5.41, 5.74) is 10.1. The fraction of sp³-hybridized carbons (Fsp3) is 0.538. The zero-order valence-electron chi connectivity index (χ0n) is 20.5. The molecule has 6 nitrogen and oxygen atoms in total. The number of hydrogen-bond acceptors (Lipinski definition) is 6. The number of nitrogens with two attached hydrogens (primary N) is 1. The van der Waals surface area contributed by atoms with E-state index >= 15 is 0 Å². The number of nitrogens with zero attached hydrogens (tertiary/aromatic N) is 4. The average molecular weight is 544 g/mol. The lowest BCUT2D eigenvalue weighted by Crippen LogP contribution is -2.31. The van der Waals surface area contributed by atoms with Crippen molar-refractivity contribution < 1.29 is 0 Å². The van der Waals surface area contributed by atoms with E-state index in [0.717, 1.165) is 33.7 Å². The van der Waals surface area contributed by atoms with Crippen molar-refractivity contribution in [3.05, 3.63) is 46.7 Å². The summed E-state index contributed by atoms with van der Waals surface area (Å²) >= 11 is 5.35. The van der Waals surface area contributed by atoms with Crippen LogP contribution in [0.1, 0.15) is 51.6 Å². The number of fused-ring (bicyclic) bond motifs is 1. The molecule has 2 heterocycles. The van der Waals surface area contributed by atoms with Crippen molar-refractivity contribution in [1.82, 2.24) is 18.9 Å². The summed E-state index contributed by atoms with van der Waals surface area (Å²) < 4.78 is 4.89. The zero-order chi connectivity index (χ0) is 24.1. The van der Waals surface area contributed by atoms with E-state index < -0.39 is 0 Å². The van der Waals surface area contributed by atoms with Gasteiger partial charge in [0.25, 0.3) is 0 Å². The van der Waals surface area contributed by atoms with Crippen molar-refractivity contribution >= 4 is 45.0 Å². The molecule has 34 heavy (non-hydrogen) atoms. The lowest BCUT2D eigenvalue weighted by atomic mass is 9.73. The quantitative estimate of drug-likeness (QED) is 0.342. The summed E-state index contributed by atoms with van der Waals surface area (Å²) in [5, 5.41) is 8.12. The van der Waals surface area contributed by atoms with Gasteiger partial charge in [-0.25, -0.2) is 4.98 Å². The maximum atomic E-state index is 6.20. The first-order valence-electron chi connectivity index (χ1n) is 12.2. The van der Waals surface area contributed by atoms with Crippen LogP contribution < -0.4 is 11.1 Å². The maximum Gasteiger partial charge on any atom is 0.171 e. The summed E-state index contributed by atoms with van der Waals surface area (Å²) in [6.07, 6.45) is 9.03. The van der Waals surface area contributed by atoms with Crippen LogP contribution in [-0.2, 0) is 6.42 Å². The highest BCUT2D eigenvalue weighted by Gasteiger charge is 2.65. The van der Waals surface area contributed by atoms with E-state index in [2.05, 4.69) is 88.9 Å². The molecule has 2 saturated carbocycles. The average Bonchev–Trinajstić information content (AvgIpc) is 3.21. The molecule has 0 aliphatic heterocycles. The van der Waals surface area contributed by atoms with E-state index in [1.165, 1.54) is 37.0 Å². The lowest BCUT2D eigenvalue weighted by molar-refractivity contribution is 0.192. The van der Waals surface area contributed by atoms with Crippen LogP contribution in [-0.4, -0.2) is 39.0 Å². The Hall–Kier alpha value is -1.61. The Labute approximate surface area is 215 Å². The van der Waals surface area contributed by atoms with Crippen molar-refractivity contribution in [1.29, 1.82) is 0 Å². The van der Waals surface area contributed by atoms with Gasteiger partial charge in [-0.3, -0.25) is 4.31 Å². The number of rotatable bonds is 7. The second-order valence-corrected chi connectivity index (χ2v) is 13.0. The van der Waals surface area contributed by atoms with Crippen LogP contribution in [0.2, 0.25) is 0 Å². The molecule has 1 aromatic carbocycles. The van der Waals surface area contributed by atoms with Crippen LogP contribution in [0.5, 0.6) is 0 Å². The van der Waals surface area contributed by atoms with Crippen molar-refractivity contribution in [2.45, 2.75) is 63.3 Å². The molecule has 8 heteroatoms. The second kappa shape index (κ2) is 9.12. The van der Waals surface area contributed by atoms with Crippen LogP contribution in [0.4, 0.5) is 11.5 Å². The normalized spacial score (nSPS) is 27.4. The smallest absolute Gasteiger partial charge is 0.171 e. The van der Waals surface area contributed by atoms with Gasteiger partial charge in [0.1, 0.15) is 5.82 Å². The van der Waals surface area contributed by atoms with Crippen LogP contribution in [0.25, 0.3) is 5.65 Å². The van der Waals surface area contributed by atoms with Gasteiger partial charge in [0.2, 0.25) is 0 Å². The molecule has 2 aliphatic carbocycles. The highest BCUT2D eigenvalue weighted by atomic mass is 79.9. The van der Waals surface area contributed by atoms with E-state index in [9.17, 15) is 0 Å². The van der Waals surface area contributed by atoms with Gasteiger partial charge in [-0.2, -0.15) is 9.61 Å². The highest BCUT2D eigenvalue weighted by molar-refractivity contribution is 9.10. The first-order chi connectivity index (χ1) is 16.2. The number of hydrogen-bond donors (Lipinski definition) is 2. The summed E-state index contributed by atoms with van der Waals surface area (Å²) in [6, 6.07) is 11.1. The minimum atomic E-state index is 0.381. The summed E-state index contributed by atoms with van der Waals surface area (Å²) in [6.45, 7) is 4.91. The van der Waals surface area contributed by atoms with E-state index in [1.54, 1.807) is 11.9 Å². The van der Waals surface area contributed by atoms with Gasteiger partial charge in [0.05, 0.1) is 10.7 Å². The Bertz CT molecular complexity index is 1170. The Kier molecular flexibility index (Phi) is 6.46. The van der Waals surface area contributed by atoms with E-state index in [4.69, 9.17) is 10.7 Å². The molecule has 0 amide bonds. The van der Waals surface area contributed by atoms with Gasteiger partial charge in [0.15, 0.2) is 5.65 Å². The molecule has 2 unspecified atom stereocenters. The number of anilines is 2. The second-order valence-electron chi connectivity index (χ2n) is 10.7. The third-order valence-electron chi connectivity index (χ3n) is 8.28. The summed E-state index contributed by atoms with van der Waals surface area (Å²) in [7, 11) is 4.10. The monoisotopic (exact) mass is 542 g/mol. The molecule has 2 fully saturated rings. The molecule has 0 saturated heterocycles. The predicted molar refractivity (Wildman–Crippen MR) is 144 cm³/mol. The lowest BCUT2D eigenvalue weighted by Gasteiger charge is -2.33. The largest absolute Gasteiger partial charge is 0.340 e. The summed E-state index contributed by atoms with van der Waals surface area (Å²) in [5.74, 6) is 1.50. The Morgan fingerprint density at radius 3 is 2.65 bits per heavy atom. The number of aromatic nitrogens is 3. The molecule has 2 atom stereocenters. The highest BCUT2D eigenvalue weighted by Crippen LogP contribution is 2.73. The Morgan fingerprint density at radius 1 is 1.26 bits per heavy atom. The molecule has 182 valence electrons. The van der Waals surface area contributed by atoms with Gasteiger partial charge in [0, 0.05) is 28.4 Å². The number of benzene rings is 1. The minimum Gasteiger partial charge on any atom is -0.340 e. The van der Waals surface area contributed by atoms with Crippen LogP contribution in [0, 0.1) is 16.7 Å². The van der Waals surface area contributed by atoms with Crippen LogP contribution >= 0.6 is 27.9 Å². The molecule has 2 aromatic heterocycles. The fourth-order valence-corrected chi connectivity index (χ4v) is 7.00.